The zero-order valence-electron chi connectivity index (χ0n) is 11.5. The van der Waals surface area contributed by atoms with Crippen LogP contribution in [0.3, 0.4) is 0 Å². The minimum atomic E-state index is -0.489. The molecule has 102 valence electrons. The quantitative estimate of drug-likeness (QED) is 0.487. The molecule has 0 aliphatic carbocycles. The Morgan fingerprint density at radius 1 is 1.10 bits per heavy atom. The molecule has 1 aliphatic rings. The summed E-state index contributed by atoms with van der Waals surface area (Å²) < 4.78 is 10.8. The number of carbonyl (C=O) groups excluding carboxylic acids is 1. The molecule has 0 radical (unpaired) electrons. The van der Waals surface area contributed by atoms with Gasteiger partial charge in [0.05, 0.1) is 0 Å². The fraction of sp³-hybridized carbons (Fsp3) is 0.235. The van der Waals surface area contributed by atoms with Crippen LogP contribution < -0.4 is 4.74 Å². The van der Waals surface area contributed by atoms with Crippen molar-refractivity contribution in [2.45, 2.75) is 26.1 Å². The summed E-state index contributed by atoms with van der Waals surface area (Å²) in [7, 11) is 0. The maximum Gasteiger partial charge on any atom is 0.343 e. The van der Waals surface area contributed by atoms with Gasteiger partial charge in [-0.1, -0.05) is 42.0 Å². The van der Waals surface area contributed by atoms with Crippen LogP contribution in [0.15, 0.2) is 48.5 Å². The van der Waals surface area contributed by atoms with Crippen LogP contribution in [-0.4, -0.2) is 12.1 Å². The van der Waals surface area contributed by atoms with Gasteiger partial charge in [-0.05, 0) is 37.1 Å². The zero-order valence-corrected chi connectivity index (χ0v) is 11.5. The summed E-state index contributed by atoms with van der Waals surface area (Å²) in [4.78, 5) is 12.0. The van der Waals surface area contributed by atoms with E-state index in [2.05, 4.69) is 6.07 Å². The van der Waals surface area contributed by atoms with Crippen LogP contribution in [0.5, 0.6) is 5.75 Å². The third-order valence-electron chi connectivity index (χ3n) is 3.42. The van der Waals surface area contributed by atoms with E-state index < -0.39 is 6.10 Å². The van der Waals surface area contributed by atoms with E-state index in [4.69, 9.17) is 9.47 Å². The first-order valence-electron chi connectivity index (χ1n) is 6.64. The van der Waals surface area contributed by atoms with E-state index in [1.165, 1.54) is 5.56 Å². The van der Waals surface area contributed by atoms with Crippen molar-refractivity contribution in [3.63, 3.8) is 0 Å². The lowest BCUT2D eigenvalue weighted by molar-refractivity contribution is -0.135. The predicted molar refractivity (Wildman–Crippen MR) is 75.6 cm³/mol. The maximum absolute atomic E-state index is 12.0. The van der Waals surface area contributed by atoms with Crippen molar-refractivity contribution >= 4 is 5.97 Å². The number of aryl methyl sites for hydroxylation is 2. The van der Waals surface area contributed by atoms with E-state index in [0.717, 1.165) is 11.1 Å². The first-order chi connectivity index (χ1) is 9.65. The maximum atomic E-state index is 12.0. The molecule has 2 aromatic rings. The summed E-state index contributed by atoms with van der Waals surface area (Å²) >= 11 is 0. The molecule has 0 N–H and O–H groups in total. The number of rotatable bonds is 3. The van der Waals surface area contributed by atoms with Crippen LogP contribution in [0.25, 0.3) is 0 Å². The predicted octanol–water partition coefficient (Wildman–Crippen LogP) is 3.35. The molecule has 20 heavy (non-hydrogen) atoms. The smallest absolute Gasteiger partial charge is 0.343 e. The number of epoxide rings is 1. The normalized spacial score (nSPS) is 20.5. The lowest BCUT2D eigenvalue weighted by Gasteiger charge is -2.04. The molecule has 1 aliphatic heterocycles. The van der Waals surface area contributed by atoms with Gasteiger partial charge in [0.2, 0.25) is 0 Å². The molecule has 1 fully saturated rings. The number of esters is 1. The van der Waals surface area contributed by atoms with Gasteiger partial charge in [-0.15, -0.1) is 0 Å². The highest BCUT2D eigenvalue weighted by molar-refractivity contribution is 5.80. The van der Waals surface area contributed by atoms with Crippen LogP contribution in [0.1, 0.15) is 22.8 Å². The Kier molecular flexibility index (Phi) is 3.28. The standard InChI is InChI=1S/C17H16O3/c1-11-8-9-14(12(2)10-11)15-16(20-15)17(18)19-13-6-4-3-5-7-13/h3-10,15-16H,1-2H3. The second-order valence-electron chi connectivity index (χ2n) is 5.07. The first kappa shape index (κ1) is 12.9. The number of para-hydroxylation sites is 1. The summed E-state index contributed by atoms with van der Waals surface area (Å²) in [6, 6.07) is 15.2. The number of hydrogen-bond donors (Lipinski definition) is 0. The van der Waals surface area contributed by atoms with Crippen LogP contribution >= 0.6 is 0 Å². The summed E-state index contributed by atoms with van der Waals surface area (Å²) in [5, 5.41) is 0. The molecule has 2 atom stereocenters. The van der Waals surface area contributed by atoms with E-state index >= 15 is 0 Å². The van der Waals surface area contributed by atoms with Crippen LogP contribution in [0.2, 0.25) is 0 Å². The molecule has 0 spiro atoms. The number of hydrogen-bond acceptors (Lipinski definition) is 3. The Balaban J connectivity index is 1.68. The number of benzene rings is 2. The molecule has 2 unspecified atom stereocenters. The van der Waals surface area contributed by atoms with Crippen molar-refractivity contribution in [3.8, 4) is 5.75 Å². The minimum absolute atomic E-state index is 0.174. The summed E-state index contributed by atoms with van der Waals surface area (Å²) in [5.74, 6) is 0.216. The molecule has 0 amide bonds. The monoisotopic (exact) mass is 268 g/mol. The fourth-order valence-electron chi connectivity index (χ4n) is 2.34. The zero-order chi connectivity index (χ0) is 14.1. The van der Waals surface area contributed by atoms with E-state index in [9.17, 15) is 4.79 Å². The molecule has 0 bridgehead atoms. The molecule has 2 aromatic carbocycles. The van der Waals surface area contributed by atoms with Crippen LogP contribution in [0, 0.1) is 13.8 Å². The Morgan fingerprint density at radius 3 is 2.55 bits per heavy atom. The molecule has 3 nitrogen and oxygen atoms in total. The van der Waals surface area contributed by atoms with Crippen molar-refractivity contribution in [2.75, 3.05) is 0 Å². The van der Waals surface area contributed by atoms with Crippen molar-refractivity contribution in [1.82, 2.24) is 0 Å². The highest BCUT2D eigenvalue weighted by Crippen LogP contribution is 2.41. The van der Waals surface area contributed by atoms with Gasteiger partial charge in [0.25, 0.3) is 0 Å². The summed E-state index contributed by atoms with van der Waals surface area (Å²) in [6.07, 6.45) is -0.663. The van der Waals surface area contributed by atoms with Gasteiger partial charge in [-0.25, -0.2) is 4.79 Å². The van der Waals surface area contributed by atoms with E-state index in [1.54, 1.807) is 12.1 Å². The van der Waals surface area contributed by atoms with Gasteiger partial charge in [0.1, 0.15) is 11.9 Å². The summed E-state index contributed by atoms with van der Waals surface area (Å²) in [6.45, 7) is 4.08. The average Bonchev–Trinajstić information content (AvgIpc) is 3.20. The Morgan fingerprint density at radius 2 is 1.85 bits per heavy atom. The van der Waals surface area contributed by atoms with E-state index in [1.807, 2.05) is 44.2 Å². The molecular weight excluding hydrogens is 252 g/mol. The topological polar surface area (TPSA) is 38.8 Å². The molecule has 3 rings (SSSR count). The lowest BCUT2D eigenvalue weighted by Crippen LogP contribution is -2.15. The van der Waals surface area contributed by atoms with Crippen LogP contribution in [0.4, 0.5) is 0 Å². The van der Waals surface area contributed by atoms with Gasteiger partial charge >= 0.3 is 5.97 Å². The second kappa shape index (κ2) is 5.10. The highest BCUT2D eigenvalue weighted by atomic mass is 16.6. The van der Waals surface area contributed by atoms with Crippen molar-refractivity contribution < 1.29 is 14.3 Å². The fourth-order valence-corrected chi connectivity index (χ4v) is 2.34. The Labute approximate surface area is 118 Å². The van der Waals surface area contributed by atoms with E-state index in [0.29, 0.717) is 5.75 Å². The highest BCUT2D eigenvalue weighted by Gasteiger charge is 2.48. The van der Waals surface area contributed by atoms with Gasteiger partial charge in [0.15, 0.2) is 6.10 Å². The second-order valence-corrected chi connectivity index (χ2v) is 5.07. The third kappa shape index (κ3) is 2.58. The van der Waals surface area contributed by atoms with Crippen molar-refractivity contribution in [3.05, 3.63) is 65.2 Å². The van der Waals surface area contributed by atoms with Gasteiger partial charge in [-0.2, -0.15) is 0 Å². The van der Waals surface area contributed by atoms with Gasteiger partial charge in [0, 0.05) is 0 Å². The molecule has 0 aromatic heterocycles. The largest absolute Gasteiger partial charge is 0.425 e. The molecular formula is C17H16O3. The average molecular weight is 268 g/mol. The Hall–Kier alpha value is -2.13. The third-order valence-corrected chi connectivity index (χ3v) is 3.42. The number of carbonyl (C=O) groups is 1. The van der Waals surface area contributed by atoms with Gasteiger partial charge < -0.3 is 9.47 Å². The molecule has 1 saturated heterocycles. The SMILES string of the molecule is Cc1ccc(C2OC2C(=O)Oc2ccccc2)c(C)c1. The van der Waals surface area contributed by atoms with Gasteiger partial charge in [-0.3, -0.25) is 0 Å². The number of ether oxygens (including phenoxy) is 2. The van der Waals surface area contributed by atoms with Crippen molar-refractivity contribution in [2.24, 2.45) is 0 Å². The first-order valence-corrected chi connectivity index (χ1v) is 6.64. The summed E-state index contributed by atoms with van der Waals surface area (Å²) in [5.41, 5.74) is 3.41. The van der Waals surface area contributed by atoms with E-state index in [-0.39, 0.29) is 12.1 Å². The minimum Gasteiger partial charge on any atom is -0.425 e. The lowest BCUT2D eigenvalue weighted by atomic mass is 10.0. The molecule has 1 heterocycles. The molecule has 0 saturated carbocycles. The van der Waals surface area contributed by atoms with Crippen LogP contribution in [-0.2, 0) is 9.53 Å². The van der Waals surface area contributed by atoms with Crippen molar-refractivity contribution in [1.29, 1.82) is 0 Å². The molecule has 3 heteroatoms. The Bertz CT molecular complexity index is 634.